The van der Waals surface area contributed by atoms with Crippen molar-refractivity contribution in [3.8, 4) is 0 Å². The molecular formula is C14H19Cl2NO3. The van der Waals surface area contributed by atoms with Crippen molar-refractivity contribution < 1.29 is 14.6 Å². The van der Waals surface area contributed by atoms with E-state index in [1.54, 1.807) is 18.2 Å². The minimum atomic E-state index is -0.605. The van der Waals surface area contributed by atoms with E-state index in [0.717, 1.165) is 19.4 Å². The number of ether oxygens (including phenoxy) is 2. The van der Waals surface area contributed by atoms with Crippen molar-refractivity contribution in [1.29, 1.82) is 0 Å². The predicted octanol–water partition coefficient (Wildman–Crippen LogP) is 2.96. The first kappa shape index (κ1) is 15.9. The summed E-state index contributed by atoms with van der Waals surface area (Å²) in [6, 6.07) is 5.16. The lowest BCUT2D eigenvalue weighted by Gasteiger charge is -2.16. The van der Waals surface area contributed by atoms with Crippen LogP contribution in [-0.2, 0) is 9.47 Å². The molecule has 1 fully saturated rings. The first-order valence-corrected chi connectivity index (χ1v) is 7.47. The Hall–Kier alpha value is -0.520. The molecule has 0 aliphatic carbocycles. The van der Waals surface area contributed by atoms with Crippen LogP contribution in [0.5, 0.6) is 0 Å². The largest absolute Gasteiger partial charge is 0.389 e. The van der Waals surface area contributed by atoms with Crippen molar-refractivity contribution in [3.05, 3.63) is 28.2 Å². The van der Waals surface area contributed by atoms with Crippen LogP contribution >= 0.6 is 23.2 Å². The second-order valence-corrected chi connectivity index (χ2v) is 5.68. The second-order valence-electron chi connectivity index (χ2n) is 4.83. The number of halogens is 2. The number of anilines is 1. The molecule has 2 atom stereocenters. The van der Waals surface area contributed by atoms with Gasteiger partial charge in [-0.25, -0.2) is 0 Å². The summed E-state index contributed by atoms with van der Waals surface area (Å²) in [5.41, 5.74) is 0.706. The average molecular weight is 320 g/mol. The van der Waals surface area contributed by atoms with Crippen LogP contribution in [0.4, 0.5) is 5.69 Å². The van der Waals surface area contributed by atoms with Gasteiger partial charge in [0, 0.05) is 18.2 Å². The van der Waals surface area contributed by atoms with E-state index in [1.165, 1.54) is 0 Å². The Balaban J connectivity index is 1.66. The molecule has 2 rings (SSSR count). The summed E-state index contributed by atoms with van der Waals surface area (Å²) < 4.78 is 10.9. The van der Waals surface area contributed by atoms with Crippen molar-refractivity contribution in [2.24, 2.45) is 0 Å². The molecule has 4 nitrogen and oxygen atoms in total. The SMILES string of the molecule is OC(CNc1cc(Cl)ccc1Cl)COCC1CCCO1. The van der Waals surface area contributed by atoms with Gasteiger partial charge in [-0.3, -0.25) is 0 Å². The van der Waals surface area contributed by atoms with Gasteiger partial charge in [-0.1, -0.05) is 23.2 Å². The number of hydrogen-bond acceptors (Lipinski definition) is 4. The minimum absolute atomic E-state index is 0.178. The maximum atomic E-state index is 9.84. The zero-order valence-electron chi connectivity index (χ0n) is 11.1. The lowest BCUT2D eigenvalue weighted by atomic mass is 10.2. The Morgan fingerprint density at radius 1 is 1.45 bits per heavy atom. The highest BCUT2D eigenvalue weighted by molar-refractivity contribution is 6.35. The smallest absolute Gasteiger partial charge is 0.0945 e. The average Bonchev–Trinajstić information content (AvgIpc) is 2.93. The van der Waals surface area contributed by atoms with E-state index >= 15 is 0 Å². The summed E-state index contributed by atoms with van der Waals surface area (Å²) in [5, 5.41) is 14.1. The molecular weight excluding hydrogens is 301 g/mol. The fourth-order valence-corrected chi connectivity index (χ4v) is 2.39. The fraction of sp³-hybridized carbons (Fsp3) is 0.571. The second kappa shape index (κ2) is 8.05. The molecule has 0 aromatic heterocycles. The molecule has 2 N–H and O–H groups in total. The van der Waals surface area contributed by atoms with E-state index in [-0.39, 0.29) is 12.7 Å². The van der Waals surface area contributed by atoms with Crippen LogP contribution < -0.4 is 5.32 Å². The number of nitrogens with one attached hydrogen (secondary N) is 1. The quantitative estimate of drug-likeness (QED) is 0.811. The monoisotopic (exact) mass is 319 g/mol. The standard InChI is InChI=1S/C14H19Cl2NO3/c15-10-3-4-13(16)14(6-10)17-7-11(18)8-19-9-12-2-1-5-20-12/h3-4,6,11-12,17-18H,1-2,5,7-9H2. The van der Waals surface area contributed by atoms with Gasteiger partial charge in [-0.15, -0.1) is 0 Å². The van der Waals surface area contributed by atoms with Crippen molar-refractivity contribution in [2.45, 2.75) is 25.0 Å². The molecule has 1 aliphatic rings. The first-order chi connectivity index (χ1) is 9.65. The van der Waals surface area contributed by atoms with E-state index in [2.05, 4.69) is 5.32 Å². The van der Waals surface area contributed by atoms with Crippen molar-refractivity contribution in [3.63, 3.8) is 0 Å². The third-order valence-electron chi connectivity index (χ3n) is 3.09. The minimum Gasteiger partial charge on any atom is -0.389 e. The zero-order valence-corrected chi connectivity index (χ0v) is 12.7. The molecule has 1 aromatic rings. The Morgan fingerprint density at radius 3 is 3.05 bits per heavy atom. The maximum Gasteiger partial charge on any atom is 0.0945 e. The molecule has 0 spiro atoms. The molecule has 1 heterocycles. The topological polar surface area (TPSA) is 50.7 Å². The van der Waals surface area contributed by atoms with Crippen molar-refractivity contribution in [1.82, 2.24) is 0 Å². The third-order valence-corrected chi connectivity index (χ3v) is 3.66. The van der Waals surface area contributed by atoms with Crippen LogP contribution in [-0.4, -0.2) is 43.7 Å². The molecule has 20 heavy (non-hydrogen) atoms. The summed E-state index contributed by atoms with van der Waals surface area (Å²) in [4.78, 5) is 0. The molecule has 112 valence electrons. The van der Waals surface area contributed by atoms with Crippen LogP contribution in [0.2, 0.25) is 10.0 Å². The van der Waals surface area contributed by atoms with E-state index in [4.69, 9.17) is 32.7 Å². The van der Waals surface area contributed by atoms with Gasteiger partial charge >= 0.3 is 0 Å². The van der Waals surface area contributed by atoms with E-state index in [1.807, 2.05) is 0 Å². The van der Waals surface area contributed by atoms with Crippen molar-refractivity contribution in [2.75, 3.05) is 31.7 Å². The van der Waals surface area contributed by atoms with Gasteiger partial charge < -0.3 is 19.9 Å². The number of hydrogen-bond donors (Lipinski definition) is 2. The molecule has 1 aromatic carbocycles. The summed E-state index contributed by atoms with van der Waals surface area (Å²) >= 11 is 11.9. The molecule has 0 radical (unpaired) electrons. The molecule has 1 saturated heterocycles. The Bertz CT molecular complexity index is 425. The Kier molecular flexibility index (Phi) is 6.39. The summed E-state index contributed by atoms with van der Waals surface area (Å²) in [7, 11) is 0. The number of benzene rings is 1. The van der Waals surface area contributed by atoms with Crippen molar-refractivity contribution >= 4 is 28.9 Å². The molecule has 0 bridgehead atoms. The van der Waals surface area contributed by atoms with Gasteiger partial charge in [0.15, 0.2) is 0 Å². The van der Waals surface area contributed by atoms with Crippen LogP contribution in [0, 0.1) is 0 Å². The van der Waals surface area contributed by atoms with Gasteiger partial charge in [0.05, 0.1) is 36.1 Å². The first-order valence-electron chi connectivity index (χ1n) is 6.71. The summed E-state index contributed by atoms with van der Waals surface area (Å²) in [6.45, 7) is 1.97. The van der Waals surface area contributed by atoms with Gasteiger partial charge in [0.1, 0.15) is 0 Å². The van der Waals surface area contributed by atoms with Crippen LogP contribution in [0.15, 0.2) is 18.2 Å². The summed E-state index contributed by atoms with van der Waals surface area (Å²) in [6.07, 6.45) is 1.70. The van der Waals surface area contributed by atoms with Crippen LogP contribution in [0.3, 0.4) is 0 Å². The van der Waals surface area contributed by atoms with Gasteiger partial charge in [0.25, 0.3) is 0 Å². The van der Waals surface area contributed by atoms with Gasteiger partial charge in [-0.2, -0.15) is 0 Å². The fourth-order valence-electron chi connectivity index (χ4n) is 2.03. The number of rotatable bonds is 7. The van der Waals surface area contributed by atoms with E-state index < -0.39 is 6.10 Å². The highest BCUT2D eigenvalue weighted by atomic mass is 35.5. The van der Waals surface area contributed by atoms with Gasteiger partial charge in [0.2, 0.25) is 0 Å². The van der Waals surface area contributed by atoms with Gasteiger partial charge in [-0.05, 0) is 31.0 Å². The van der Waals surface area contributed by atoms with E-state index in [0.29, 0.717) is 28.9 Å². The Labute approximate surface area is 129 Å². The molecule has 1 aliphatic heterocycles. The molecule has 2 unspecified atom stereocenters. The number of aliphatic hydroxyl groups excluding tert-OH is 1. The number of aliphatic hydroxyl groups is 1. The lowest BCUT2D eigenvalue weighted by Crippen LogP contribution is -2.27. The maximum absolute atomic E-state index is 9.84. The molecule has 6 heteroatoms. The highest BCUT2D eigenvalue weighted by Crippen LogP contribution is 2.25. The predicted molar refractivity (Wildman–Crippen MR) is 80.8 cm³/mol. The highest BCUT2D eigenvalue weighted by Gasteiger charge is 2.16. The van der Waals surface area contributed by atoms with E-state index in [9.17, 15) is 5.11 Å². The normalized spacial score (nSPS) is 20.1. The summed E-state index contributed by atoms with van der Waals surface area (Å²) in [5.74, 6) is 0. The molecule has 0 saturated carbocycles. The third kappa shape index (κ3) is 5.11. The Morgan fingerprint density at radius 2 is 2.30 bits per heavy atom. The van der Waals surface area contributed by atoms with Crippen LogP contribution in [0.25, 0.3) is 0 Å². The molecule has 0 amide bonds. The lowest BCUT2D eigenvalue weighted by molar-refractivity contribution is -0.0137. The zero-order chi connectivity index (χ0) is 14.4. The van der Waals surface area contributed by atoms with Crippen LogP contribution in [0.1, 0.15) is 12.8 Å².